The lowest BCUT2D eigenvalue weighted by molar-refractivity contribution is -0.122. The molecule has 1 heterocycles. The van der Waals surface area contributed by atoms with Crippen molar-refractivity contribution in [1.29, 1.82) is 0 Å². The summed E-state index contributed by atoms with van der Waals surface area (Å²) in [6.45, 7) is 0.811. The molecule has 1 amide bonds. The van der Waals surface area contributed by atoms with Crippen molar-refractivity contribution in [2.24, 2.45) is 0 Å². The van der Waals surface area contributed by atoms with E-state index in [-0.39, 0.29) is 12.5 Å². The highest BCUT2D eigenvalue weighted by Gasteiger charge is 2.18. The van der Waals surface area contributed by atoms with Crippen LogP contribution in [0.4, 0.5) is 0 Å². The third kappa shape index (κ3) is 6.57. The summed E-state index contributed by atoms with van der Waals surface area (Å²) in [5.41, 5.74) is 9.79. The van der Waals surface area contributed by atoms with Crippen LogP contribution < -0.4 is 25.6 Å². The molecular formula is C31H29N5O3S. The number of carbonyl (C=O) groups excluding carboxylic acids is 1. The lowest BCUT2D eigenvalue weighted by atomic mass is 10.1. The Bertz CT molecular complexity index is 1610. The van der Waals surface area contributed by atoms with Crippen molar-refractivity contribution in [3.05, 3.63) is 114 Å². The van der Waals surface area contributed by atoms with Gasteiger partial charge in [0, 0.05) is 12.6 Å². The second-order valence-electron chi connectivity index (χ2n) is 8.97. The number of imidazole rings is 1. The van der Waals surface area contributed by atoms with Crippen LogP contribution in [-0.2, 0) is 24.6 Å². The summed E-state index contributed by atoms with van der Waals surface area (Å²) >= 11 is 5.06. The molecule has 0 atom stereocenters. The largest absolute Gasteiger partial charge is 0.485 e. The van der Waals surface area contributed by atoms with Crippen LogP contribution in [0.5, 0.6) is 11.5 Å². The number of carbonyl (C=O) groups is 1. The first kappa shape index (κ1) is 26.7. The Morgan fingerprint density at radius 2 is 1.43 bits per heavy atom. The van der Waals surface area contributed by atoms with Crippen molar-refractivity contribution in [2.75, 3.05) is 7.05 Å². The number of fused-ring (bicyclic) bond motifs is 1. The molecule has 8 nitrogen and oxygen atoms in total. The fourth-order valence-electron chi connectivity index (χ4n) is 4.18. The molecule has 0 aliphatic rings. The molecular weight excluding hydrogens is 522 g/mol. The molecule has 40 heavy (non-hydrogen) atoms. The summed E-state index contributed by atoms with van der Waals surface area (Å²) in [4.78, 5) is 17.7. The van der Waals surface area contributed by atoms with Gasteiger partial charge >= 0.3 is 0 Å². The SMILES string of the molecule is CNC(=S)NNC(=O)Cn1c(-c2ccc(OCc3ccccc3)c(OCc3ccccc3)c2)nc2ccccc21. The number of hydrogen-bond donors (Lipinski definition) is 3. The Balaban J connectivity index is 1.47. The number of hydrazine groups is 1. The molecule has 0 aliphatic heterocycles. The Hall–Kier alpha value is -4.89. The highest BCUT2D eigenvalue weighted by molar-refractivity contribution is 7.80. The highest BCUT2D eigenvalue weighted by Crippen LogP contribution is 2.35. The predicted molar refractivity (Wildman–Crippen MR) is 160 cm³/mol. The van der Waals surface area contributed by atoms with Crippen LogP contribution in [0.2, 0.25) is 0 Å². The second kappa shape index (κ2) is 12.8. The van der Waals surface area contributed by atoms with Crippen molar-refractivity contribution < 1.29 is 14.3 Å². The quantitative estimate of drug-likeness (QED) is 0.176. The number of ether oxygens (including phenoxy) is 2. The fraction of sp³-hybridized carbons (Fsp3) is 0.129. The first-order valence-corrected chi connectivity index (χ1v) is 13.2. The maximum atomic E-state index is 12.8. The number of aromatic nitrogens is 2. The minimum Gasteiger partial charge on any atom is -0.485 e. The van der Waals surface area contributed by atoms with Gasteiger partial charge in [-0.2, -0.15) is 0 Å². The minimum absolute atomic E-state index is 0.0294. The molecule has 3 N–H and O–H groups in total. The van der Waals surface area contributed by atoms with Crippen molar-refractivity contribution in [3.63, 3.8) is 0 Å². The van der Waals surface area contributed by atoms with Gasteiger partial charge in [0.05, 0.1) is 11.0 Å². The second-order valence-corrected chi connectivity index (χ2v) is 9.38. The number of para-hydroxylation sites is 2. The summed E-state index contributed by atoms with van der Waals surface area (Å²) < 4.78 is 14.3. The maximum Gasteiger partial charge on any atom is 0.258 e. The van der Waals surface area contributed by atoms with Crippen LogP contribution in [0.3, 0.4) is 0 Å². The molecule has 0 radical (unpaired) electrons. The molecule has 0 fully saturated rings. The standard InChI is InChI=1S/C31H29N5O3S/c1-32-31(40)35-34-29(37)19-36-26-15-9-8-14-25(26)33-30(36)24-16-17-27(38-20-22-10-4-2-5-11-22)28(18-24)39-21-23-12-6-3-7-13-23/h2-18H,19-21H2,1H3,(H,34,37)(H2,32,35,40). The molecule has 1 aromatic heterocycles. The molecule has 0 saturated heterocycles. The number of benzene rings is 4. The third-order valence-corrected chi connectivity index (χ3v) is 6.48. The summed E-state index contributed by atoms with van der Waals surface area (Å²) in [5, 5.41) is 3.08. The normalized spacial score (nSPS) is 10.6. The Labute approximate surface area is 237 Å². The van der Waals surface area contributed by atoms with E-state index >= 15 is 0 Å². The van der Waals surface area contributed by atoms with Gasteiger partial charge in [0.15, 0.2) is 16.6 Å². The molecule has 4 aromatic carbocycles. The molecule has 5 rings (SSSR count). The summed E-state index contributed by atoms with van der Waals surface area (Å²) in [7, 11) is 1.67. The van der Waals surface area contributed by atoms with E-state index in [9.17, 15) is 4.79 Å². The fourth-order valence-corrected chi connectivity index (χ4v) is 4.23. The van der Waals surface area contributed by atoms with E-state index in [1.807, 2.05) is 108 Å². The van der Waals surface area contributed by atoms with E-state index in [1.54, 1.807) is 7.05 Å². The van der Waals surface area contributed by atoms with Gasteiger partial charge in [-0.05, 0) is 53.7 Å². The molecule has 0 unspecified atom stereocenters. The zero-order valence-corrected chi connectivity index (χ0v) is 22.8. The van der Waals surface area contributed by atoms with E-state index < -0.39 is 0 Å². The van der Waals surface area contributed by atoms with E-state index in [0.717, 1.165) is 27.7 Å². The average molecular weight is 552 g/mol. The van der Waals surface area contributed by atoms with Crippen molar-refractivity contribution in [3.8, 4) is 22.9 Å². The number of thiocarbonyl (C=S) groups is 1. The molecule has 9 heteroatoms. The van der Waals surface area contributed by atoms with Crippen molar-refractivity contribution in [1.82, 2.24) is 25.7 Å². The van der Waals surface area contributed by atoms with Crippen molar-refractivity contribution >= 4 is 34.3 Å². The Morgan fingerprint density at radius 3 is 2.10 bits per heavy atom. The smallest absolute Gasteiger partial charge is 0.258 e. The zero-order chi connectivity index (χ0) is 27.7. The van der Waals surface area contributed by atoms with E-state index in [2.05, 4.69) is 16.2 Å². The first-order valence-electron chi connectivity index (χ1n) is 12.8. The van der Waals surface area contributed by atoms with Crippen LogP contribution in [0.15, 0.2) is 103 Å². The molecule has 5 aromatic rings. The van der Waals surface area contributed by atoms with E-state index in [4.69, 9.17) is 26.7 Å². The van der Waals surface area contributed by atoms with Gasteiger partial charge in [0.25, 0.3) is 5.91 Å². The predicted octanol–water partition coefficient (Wildman–Crippen LogP) is 4.99. The summed E-state index contributed by atoms with van der Waals surface area (Å²) in [6, 6.07) is 33.4. The molecule has 0 aliphatic carbocycles. The first-order chi connectivity index (χ1) is 19.6. The van der Waals surface area contributed by atoms with Gasteiger partial charge in [-0.25, -0.2) is 4.98 Å². The summed E-state index contributed by atoms with van der Waals surface area (Å²) in [6.07, 6.45) is 0. The Morgan fingerprint density at radius 1 is 0.800 bits per heavy atom. The minimum atomic E-state index is -0.273. The van der Waals surface area contributed by atoms with Gasteiger partial charge in [-0.15, -0.1) is 0 Å². The van der Waals surface area contributed by atoms with Gasteiger partial charge in [-0.1, -0.05) is 72.8 Å². The average Bonchev–Trinajstić information content (AvgIpc) is 3.37. The van der Waals surface area contributed by atoms with Crippen LogP contribution in [0.1, 0.15) is 11.1 Å². The molecule has 0 spiro atoms. The molecule has 202 valence electrons. The number of hydrogen-bond acceptors (Lipinski definition) is 5. The topological polar surface area (TPSA) is 89.4 Å². The van der Waals surface area contributed by atoms with Gasteiger partial charge < -0.3 is 19.4 Å². The number of nitrogens with zero attached hydrogens (tertiary/aromatic N) is 2. The van der Waals surface area contributed by atoms with Gasteiger partial charge in [0.2, 0.25) is 0 Å². The number of amides is 1. The lowest BCUT2D eigenvalue weighted by Crippen LogP contribution is -2.46. The highest BCUT2D eigenvalue weighted by atomic mass is 32.1. The number of rotatable bonds is 9. The molecule has 0 saturated carbocycles. The monoisotopic (exact) mass is 551 g/mol. The summed E-state index contributed by atoms with van der Waals surface area (Å²) in [5.74, 6) is 1.56. The zero-order valence-electron chi connectivity index (χ0n) is 22.0. The van der Waals surface area contributed by atoms with Crippen LogP contribution >= 0.6 is 12.2 Å². The van der Waals surface area contributed by atoms with Gasteiger partial charge in [0.1, 0.15) is 25.6 Å². The van der Waals surface area contributed by atoms with E-state index in [1.165, 1.54) is 0 Å². The van der Waals surface area contributed by atoms with Crippen LogP contribution in [-0.4, -0.2) is 27.6 Å². The maximum absolute atomic E-state index is 12.8. The van der Waals surface area contributed by atoms with Crippen molar-refractivity contribution in [2.45, 2.75) is 19.8 Å². The number of nitrogens with one attached hydrogen (secondary N) is 3. The van der Waals surface area contributed by atoms with E-state index in [0.29, 0.717) is 35.6 Å². The molecule has 0 bridgehead atoms. The Kier molecular flexibility index (Phi) is 8.53. The third-order valence-electron chi connectivity index (χ3n) is 6.18. The lowest BCUT2D eigenvalue weighted by Gasteiger charge is -2.16. The van der Waals surface area contributed by atoms with Crippen LogP contribution in [0, 0.1) is 0 Å². The van der Waals surface area contributed by atoms with Crippen LogP contribution in [0.25, 0.3) is 22.4 Å². The van der Waals surface area contributed by atoms with Gasteiger partial charge in [-0.3, -0.25) is 15.6 Å².